The maximum absolute atomic E-state index is 13.5. The number of aryl methyl sites for hydroxylation is 1. The van der Waals surface area contributed by atoms with Crippen LogP contribution in [0.15, 0.2) is 72.6 Å². The van der Waals surface area contributed by atoms with Gasteiger partial charge in [-0.2, -0.15) is 0 Å². The fourth-order valence-electron chi connectivity index (χ4n) is 4.08. The third kappa shape index (κ3) is 6.24. The number of hydrogen-bond acceptors (Lipinski definition) is 4. The molecule has 0 saturated heterocycles. The first kappa shape index (κ1) is 24.8. The van der Waals surface area contributed by atoms with Crippen LogP contribution >= 0.6 is 22.9 Å². The maximum Gasteiger partial charge on any atom is 0.322 e. The van der Waals surface area contributed by atoms with E-state index < -0.39 is 0 Å². The molecule has 0 fully saturated rings. The van der Waals surface area contributed by atoms with Crippen molar-refractivity contribution in [3.05, 3.63) is 93.7 Å². The van der Waals surface area contributed by atoms with Crippen LogP contribution in [-0.2, 0) is 11.2 Å². The lowest BCUT2D eigenvalue weighted by molar-refractivity contribution is -0.135. The van der Waals surface area contributed by atoms with E-state index in [4.69, 9.17) is 16.3 Å². The van der Waals surface area contributed by atoms with Gasteiger partial charge in [0.05, 0.1) is 6.04 Å². The second-order valence-electron chi connectivity index (χ2n) is 8.39. The minimum absolute atomic E-state index is 0.0705. The number of halogens is 1. The van der Waals surface area contributed by atoms with Crippen molar-refractivity contribution in [2.75, 3.05) is 31.6 Å². The molecule has 2 aromatic carbocycles. The van der Waals surface area contributed by atoms with Gasteiger partial charge in [0.25, 0.3) is 0 Å². The topological polar surface area (TPSA) is 61.9 Å². The van der Waals surface area contributed by atoms with Crippen LogP contribution in [0.2, 0.25) is 5.02 Å². The summed E-state index contributed by atoms with van der Waals surface area (Å²) in [6.07, 6.45) is 2.39. The molecule has 4 rings (SSSR count). The van der Waals surface area contributed by atoms with Crippen molar-refractivity contribution in [2.45, 2.75) is 19.4 Å². The number of anilines is 1. The van der Waals surface area contributed by atoms with Crippen LogP contribution in [0, 0.1) is 6.92 Å². The highest BCUT2D eigenvalue weighted by atomic mass is 35.5. The zero-order valence-electron chi connectivity index (χ0n) is 19.6. The number of amides is 3. The Balaban J connectivity index is 1.48. The van der Waals surface area contributed by atoms with E-state index in [0.717, 1.165) is 23.3 Å². The molecule has 0 bridgehead atoms. The van der Waals surface area contributed by atoms with Crippen LogP contribution in [0.25, 0.3) is 0 Å². The van der Waals surface area contributed by atoms with Crippen LogP contribution in [-0.4, -0.2) is 48.0 Å². The molecule has 182 valence electrons. The first-order valence-electron chi connectivity index (χ1n) is 11.4. The minimum Gasteiger partial charge on any atom is -0.491 e. The largest absolute Gasteiger partial charge is 0.491 e. The number of carbonyl (C=O) groups excluding carboxylic acids is 2. The van der Waals surface area contributed by atoms with Gasteiger partial charge in [-0.25, -0.2) is 4.79 Å². The summed E-state index contributed by atoms with van der Waals surface area (Å²) < 4.78 is 6.09. The highest BCUT2D eigenvalue weighted by Crippen LogP contribution is 2.34. The van der Waals surface area contributed by atoms with Crippen molar-refractivity contribution in [3.8, 4) is 5.75 Å². The Morgan fingerprint density at radius 3 is 2.80 bits per heavy atom. The number of rotatable bonds is 8. The Morgan fingerprint density at radius 2 is 2.06 bits per heavy atom. The monoisotopic (exact) mass is 509 g/mol. The van der Waals surface area contributed by atoms with E-state index in [1.54, 1.807) is 41.7 Å². The van der Waals surface area contributed by atoms with E-state index >= 15 is 0 Å². The number of benzene rings is 2. The molecular weight excluding hydrogens is 482 g/mol. The van der Waals surface area contributed by atoms with E-state index in [1.807, 2.05) is 36.1 Å². The van der Waals surface area contributed by atoms with Gasteiger partial charge in [0.2, 0.25) is 5.91 Å². The fourth-order valence-corrected chi connectivity index (χ4v) is 5.20. The fraction of sp³-hybridized carbons (Fsp3) is 0.259. The zero-order valence-corrected chi connectivity index (χ0v) is 21.1. The summed E-state index contributed by atoms with van der Waals surface area (Å²) >= 11 is 7.74. The molecule has 0 spiro atoms. The Morgan fingerprint density at radius 1 is 1.26 bits per heavy atom. The Kier molecular flexibility index (Phi) is 8.10. The summed E-state index contributed by atoms with van der Waals surface area (Å²) in [5.41, 5.74) is 2.83. The van der Waals surface area contributed by atoms with Gasteiger partial charge in [-0.15, -0.1) is 17.9 Å². The van der Waals surface area contributed by atoms with Gasteiger partial charge in [0.15, 0.2) is 0 Å². The van der Waals surface area contributed by atoms with Gasteiger partial charge in [-0.1, -0.05) is 41.4 Å². The summed E-state index contributed by atoms with van der Waals surface area (Å²) in [6, 6.07) is 16.2. The van der Waals surface area contributed by atoms with E-state index in [0.29, 0.717) is 23.9 Å². The number of fused-ring (bicyclic) bond motifs is 1. The Labute approximate surface area is 214 Å². The number of thiophene rings is 1. The van der Waals surface area contributed by atoms with E-state index in [9.17, 15) is 9.59 Å². The molecule has 8 heteroatoms. The van der Waals surface area contributed by atoms with Crippen molar-refractivity contribution < 1.29 is 14.3 Å². The molecule has 0 aliphatic carbocycles. The minimum atomic E-state index is -0.388. The summed E-state index contributed by atoms with van der Waals surface area (Å²) in [6.45, 7) is 6.86. The highest BCUT2D eigenvalue weighted by Gasteiger charge is 2.33. The summed E-state index contributed by atoms with van der Waals surface area (Å²) in [7, 11) is 0. The van der Waals surface area contributed by atoms with Crippen molar-refractivity contribution in [3.63, 3.8) is 0 Å². The summed E-state index contributed by atoms with van der Waals surface area (Å²) in [5, 5.41) is 5.39. The lowest BCUT2D eigenvalue weighted by Crippen LogP contribution is -2.48. The average Bonchev–Trinajstić information content (AvgIpc) is 3.32. The van der Waals surface area contributed by atoms with E-state index in [2.05, 4.69) is 23.3 Å². The Hall–Kier alpha value is -3.29. The Bertz CT molecular complexity index is 1190. The molecule has 2 heterocycles. The van der Waals surface area contributed by atoms with Gasteiger partial charge < -0.3 is 19.9 Å². The van der Waals surface area contributed by atoms with Gasteiger partial charge >= 0.3 is 6.03 Å². The molecule has 0 unspecified atom stereocenters. The lowest BCUT2D eigenvalue weighted by Gasteiger charge is -2.37. The second kappa shape index (κ2) is 11.4. The molecule has 1 aliphatic rings. The molecule has 0 radical (unpaired) electrons. The molecule has 0 saturated carbocycles. The van der Waals surface area contributed by atoms with Gasteiger partial charge in [-0.05, 0) is 60.7 Å². The first-order valence-corrected chi connectivity index (χ1v) is 12.7. The van der Waals surface area contributed by atoms with Gasteiger partial charge in [-0.3, -0.25) is 4.79 Å². The third-order valence-corrected chi connectivity index (χ3v) is 7.11. The van der Waals surface area contributed by atoms with Crippen LogP contribution in [0.1, 0.15) is 22.0 Å². The predicted molar refractivity (Wildman–Crippen MR) is 141 cm³/mol. The van der Waals surface area contributed by atoms with E-state index in [-0.39, 0.29) is 31.1 Å². The third-order valence-electron chi connectivity index (χ3n) is 5.88. The standard InChI is InChI=1S/C27H28ClN3O3S/c1-3-13-30(27(33)29-21-6-4-5-20(28)16-21)17-26(32)31-14-11-25-23(12-15-35-25)24(31)18-34-22-9-7-19(2)8-10-22/h3-10,12,15-16,24H,1,11,13-14,17-18H2,2H3,(H,29,33)/t24-/m1/s1. The highest BCUT2D eigenvalue weighted by molar-refractivity contribution is 7.10. The molecule has 3 amide bonds. The summed E-state index contributed by atoms with van der Waals surface area (Å²) in [4.78, 5) is 31.0. The second-order valence-corrected chi connectivity index (χ2v) is 9.82. The van der Waals surface area contributed by atoms with Gasteiger partial charge in [0, 0.05) is 28.7 Å². The maximum atomic E-state index is 13.5. The van der Waals surface area contributed by atoms with Crippen LogP contribution < -0.4 is 10.1 Å². The number of nitrogens with zero attached hydrogens (tertiary/aromatic N) is 2. The van der Waals surface area contributed by atoms with Gasteiger partial charge in [0.1, 0.15) is 18.9 Å². The number of carbonyl (C=O) groups is 2. The van der Waals surface area contributed by atoms with Crippen molar-refractivity contribution in [1.82, 2.24) is 9.80 Å². The molecule has 3 aromatic rings. The van der Waals surface area contributed by atoms with Crippen molar-refractivity contribution in [2.24, 2.45) is 0 Å². The first-order chi connectivity index (χ1) is 16.9. The molecule has 35 heavy (non-hydrogen) atoms. The SMILES string of the molecule is C=CCN(CC(=O)N1CCc2sccc2[C@H]1COc1ccc(C)cc1)C(=O)Nc1cccc(Cl)c1. The number of hydrogen-bond donors (Lipinski definition) is 1. The molecule has 1 aromatic heterocycles. The summed E-state index contributed by atoms with van der Waals surface area (Å²) in [5.74, 6) is 0.627. The quantitative estimate of drug-likeness (QED) is 0.382. The molecule has 1 N–H and O–H groups in total. The lowest BCUT2D eigenvalue weighted by atomic mass is 10.0. The number of ether oxygens (including phenoxy) is 1. The zero-order chi connectivity index (χ0) is 24.8. The molecule has 1 aliphatic heterocycles. The van der Waals surface area contributed by atoms with E-state index in [1.165, 1.54) is 9.78 Å². The molecular formula is C27H28ClN3O3S. The number of nitrogens with one attached hydrogen (secondary N) is 1. The average molecular weight is 510 g/mol. The van der Waals surface area contributed by atoms with Crippen LogP contribution in [0.4, 0.5) is 10.5 Å². The van der Waals surface area contributed by atoms with Crippen LogP contribution in [0.3, 0.4) is 0 Å². The van der Waals surface area contributed by atoms with Crippen molar-refractivity contribution in [1.29, 1.82) is 0 Å². The van der Waals surface area contributed by atoms with Crippen LogP contribution in [0.5, 0.6) is 5.75 Å². The number of urea groups is 1. The smallest absolute Gasteiger partial charge is 0.322 e. The van der Waals surface area contributed by atoms with Crippen molar-refractivity contribution >= 4 is 40.6 Å². The normalized spacial score (nSPS) is 14.7. The predicted octanol–water partition coefficient (Wildman–Crippen LogP) is 5.93. The molecule has 1 atom stereocenters. The molecule has 6 nitrogen and oxygen atoms in total.